The van der Waals surface area contributed by atoms with Crippen molar-refractivity contribution in [3.05, 3.63) is 88.8 Å². The van der Waals surface area contributed by atoms with Crippen molar-refractivity contribution in [1.29, 1.82) is 0 Å². The molecule has 1 N–H and O–H groups in total. The lowest BCUT2D eigenvalue weighted by molar-refractivity contribution is 0.102. The number of nitrogens with zero attached hydrogens (tertiary/aromatic N) is 2. The molecule has 0 atom stereocenters. The smallest absolute Gasteiger partial charge is 0.255 e. The fourth-order valence-corrected chi connectivity index (χ4v) is 6.00. The summed E-state index contributed by atoms with van der Waals surface area (Å²) in [6.45, 7) is 4.36. The molecule has 0 aliphatic carbocycles. The summed E-state index contributed by atoms with van der Waals surface area (Å²) < 4.78 is 26.7. The summed E-state index contributed by atoms with van der Waals surface area (Å²) in [5.41, 5.74) is 3.66. The molecule has 1 heterocycles. The van der Waals surface area contributed by atoms with Crippen LogP contribution in [-0.2, 0) is 10.0 Å². The van der Waals surface area contributed by atoms with Crippen LogP contribution in [0.15, 0.2) is 83.1 Å². The largest absolute Gasteiger partial charge is 0.322 e. The second kappa shape index (κ2) is 10.7. The first-order valence-electron chi connectivity index (χ1n) is 11.0. The molecule has 0 saturated heterocycles. The van der Waals surface area contributed by atoms with Gasteiger partial charge in [0.05, 0.1) is 10.6 Å². The van der Waals surface area contributed by atoms with Gasteiger partial charge in [0, 0.05) is 45.9 Å². The minimum absolute atomic E-state index is 0.166. The van der Waals surface area contributed by atoms with Gasteiger partial charge in [0.2, 0.25) is 10.0 Å². The third-order valence-corrected chi connectivity index (χ3v) is 8.68. The van der Waals surface area contributed by atoms with Gasteiger partial charge in [0.15, 0.2) is 0 Å². The Morgan fingerprint density at radius 2 is 1.66 bits per heavy atom. The number of benzene rings is 3. The molecule has 4 aromatic rings. The van der Waals surface area contributed by atoms with Crippen LogP contribution in [0.25, 0.3) is 21.8 Å². The molecule has 0 radical (unpaired) electrons. The number of carbonyl (C=O) groups excluding carboxylic acids is 1. The summed E-state index contributed by atoms with van der Waals surface area (Å²) in [5, 5.41) is 6.41. The van der Waals surface area contributed by atoms with E-state index in [-0.39, 0.29) is 10.8 Å². The van der Waals surface area contributed by atoms with Gasteiger partial charge < -0.3 is 5.32 Å². The highest BCUT2D eigenvalue weighted by molar-refractivity contribution is 7.89. The molecule has 0 spiro atoms. The van der Waals surface area contributed by atoms with Crippen molar-refractivity contribution in [3.63, 3.8) is 0 Å². The quantitative estimate of drug-likeness (QED) is 0.288. The third kappa shape index (κ3) is 5.62. The van der Waals surface area contributed by atoms with Gasteiger partial charge >= 0.3 is 0 Å². The average Bonchev–Trinajstić information content (AvgIpc) is 3.36. The van der Waals surface area contributed by atoms with E-state index in [1.54, 1.807) is 19.9 Å². The lowest BCUT2D eigenvalue weighted by Crippen LogP contribution is -2.30. The van der Waals surface area contributed by atoms with Gasteiger partial charge in [0.25, 0.3) is 5.91 Å². The summed E-state index contributed by atoms with van der Waals surface area (Å²) in [4.78, 5) is 17.7. The highest BCUT2D eigenvalue weighted by Gasteiger charge is 2.21. The van der Waals surface area contributed by atoms with E-state index >= 15 is 0 Å². The van der Waals surface area contributed by atoms with E-state index in [4.69, 9.17) is 16.6 Å². The highest BCUT2D eigenvalue weighted by Crippen LogP contribution is 2.30. The fraction of sp³-hybridized carbons (Fsp3) is 0.154. The molecule has 3 aromatic carbocycles. The van der Waals surface area contributed by atoms with E-state index in [1.807, 2.05) is 47.8 Å². The molecule has 1 amide bonds. The normalized spacial score (nSPS) is 11.5. The topological polar surface area (TPSA) is 79.4 Å². The van der Waals surface area contributed by atoms with Gasteiger partial charge in [-0.2, -0.15) is 4.31 Å². The first-order chi connectivity index (χ1) is 16.8. The van der Waals surface area contributed by atoms with Gasteiger partial charge in [-0.1, -0.05) is 49.7 Å². The van der Waals surface area contributed by atoms with Gasteiger partial charge in [-0.05, 0) is 48.5 Å². The summed E-state index contributed by atoms with van der Waals surface area (Å²) >= 11 is 7.51. The predicted molar refractivity (Wildman–Crippen MR) is 142 cm³/mol. The zero-order chi connectivity index (χ0) is 25.0. The van der Waals surface area contributed by atoms with Crippen LogP contribution in [0.4, 0.5) is 5.69 Å². The van der Waals surface area contributed by atoms with Crippen LogP contribution in [0.2, 0.25) is 5.02 Å². The van der Waals surface area contributed by atoms with Crippen molar-refractivity contribution >= 4 is 44.6 Å². The van der Waals surface area contributed by atoms with Crippen LogP contribution >= 0.6 is 22.9 Å². The van der Waals surface area contributed by atoms with Crippen LogP contribution < -0.4 is 5.32 Å². The number of halogens is 1. The van der Waals surface area contributed by atoms with E-state index in [9.17, 15) is 13.2 Å². The second-order valence-electron chi connectivity index (χ2n) is 7.69. The van der Waals surface area contributed by atoms with Crippen molar-refractivity contribution in [3.8, 4) is 21.8 Å². The number of amides is 1. The molecular formula is C26H24ClN3O3S2. The predicted octanol–water partition coefficient (Wildman–Crippen LogP) is 6.41. The minimum atomic E-state index is -3.57. The van der Waals surface area contributed by atoms with Crippen molar-refractivity contribution in [2.45, 2.75) is 18.7 Å². The van der Waals surface area contributed by atoms with Gasteiger partial charge in [0.1, 0.15) is 5.01 Å². The Bertz CT molecular complexity index is 1430. The molecule has 35 heavy (non-hydrogen) atoms. The van der Waals surface area contributed by atoms with Crippen LogP contribution in [0, 0.1) is 0 Å². The maximum atomic E-state index is 12.8. The Labute approximate surface area is 214 Å². The zero-order valence-corrected chi connectivity index (χ0v) is 21.6. The number of anilines is 1. The number of thiazole rings is 1. The molecule has 0 aliphatic rings. The van der Waals surface area contributed by atoms with E-state index in [0.717, 1.165) is 21.8 Å². The standard InChI is InChI=1S/C26H24ClN3O3S2/c1-3-30(4-2)35(32,33)23-14-10-18(11-15-23)25(31)28-22-7-5-6-20(16-22)24-17-34-26(29-24)19-8-12-21(27)13-9-19/h5-17H,3-4H2,1-2H3,(H,28,31). The lowest BCUT2D eigenvalue weighted by atomic mass is 10.1. The van der Waals surface area contributed by atoms with E-state index in [2.05, 4.69) is 5.32 Å². The van der Waals surface area contributed by atoms with Crippen molar-refractivity contribution in [2.24, 2.45) is 0 Å². The zero-order valence-electron chi connectivity index (χ0n) is 19.2. The molecular weight excluding hydrogens is 502 g/mol. The number of rotatable bonds is 8. The summed E-state index contributed by atoms with van der Waals surface area (Å²) in [7, 11) is -3.57. The summed E-state index contributed by atoms with van der Waals surface area (Å²) in [6, 6.07) is 20.9. The average molecular weight is 526 g/mol. The Hall–Kier alpha value is -3.04. The Morgan fingerprint density at radius 1 is 0.971 bits per heavy atom. The summed E-state index contributed by atoms with van der Waals surface area (Å²) in [6.07, 6.45) is 0. The maximum Gasteiger partial charge on any atom is 0.255 e. The number of hydrogen-bond acceptors (Lipinski definition) is 5. The Balaban J connectivity index is 1.49. The number of carbonyl (C=O) groups is 1. The molecule has 4 rings (SSSR count). The number of nitrogens with one attached hydrogen (secondary N) is 1. The Kier molecular flexibility index (Phi) is 7.66. The van der Waals surface area contributed by atoms with E-state index in [0.29, 0.717) is 29.4 Å². The molecule has 0 fully saturated rings. The molecule has 0 bridgehead atoms. The van der Waals surface area contributed by atoms with Crippen LogP contribution in [0.1, 0.15) is 24.2 Å². The van der Waals surface area contributed by atoms with Crippen LogP contribution in [-0.4, -0.2) is 36.7 Å². The van der Waals surface area contributed by atoms with Crippen molar-refractivity contribution in [1.82, 2.24) is 9.29 Å². The number of hydrogen-bond donors (Lipinski definition) is 1. The van der Waals surface area contributed by atoms with Gasteiger partial charge in [-0.15, -0.1) is 11.3 Å². The third-order valence-electron chi connectivity index (χ3n) is 5.47. The van der Waals surface area contributed by atoms with Gasteiger partial charge in [-0.25, -0.2) is 13.4 Å². The fourth-order valence-electron chi connectivity index (χ4n) is 3.58. The molecule has 9 heteroatoms. The molecule has 180 valence electrons. The Morgan fingerprint density at radius 3 is 2.31 bits per heavy atom. The monoisotopic (exact) mass is 525 g/mol. The number of aromatic nitrogens is 1. The maximum absolute atomic E-state index is 12.8. The summed E-state index contributed by atoms with van der Waals surface area (Å²) in [5.74, 6) is -0.325. The molecule has 0 aliphatic heterocycles. The SMILES string of the molecule is CCN(CC)S(=O)(=O)c1ccc(C(=O)Nc2cccc(-c3csc(-c4ccc(Cl)cc4)n3)c2)cc1. The van der Waals surface area contributed by atoms with Gasteiger partial charge in [-0.3, -0.25) is 4.79 Å². The van der Waals surface area contributed by atoms with E-state index in [1.165, 1.54) is 39.9 Å². The highest BCUT2D eigenvalue weighted by atomic mass is 35.5. The number of sulfonamides is 1. The molecule has 1 aromatic heterocycles. The molecule has 6 nitrogen and oxygen atoms in total. The minimum Gasteiger partial charge on any atom is -0.322 e. The second-order valence-corrected chi connectivity index (χ2v) is 10.9. The molecule has 0 saturated carbocycles. The lowest BCUT2D eigenvalue weighted by Gasteiger charge is -2.18. The van der Waals surface area contributed by atoms with E-state index < -0.39 is 10.0 Å². The molecule has 0 unspecified atom stereocenters. The van der Waals surface area contributed by atoms with Crippen LogP contribution in [0.3, 0.4) is 0 Å². The van der Waals surface area contributed by atoms with Crippen molar-refractivity contribution < 1.29 is 13.2 Å². The van der Waals surface area contributed by atoms with Crippen LogP contribution in [0.5, 0.6) is 0 Å². The first-order valence-corrected chi connectivity index (χ1v) is 13.7. The first kappa shape index (κ1) is 25.1. The van der Waals surface area contributed by atoms with Crippen molar-refractivity contribution in [2.75, 3.05) is 18.4 Å².